The van der Waals surface area contributed by atoms with Gasteiger partial charge in [0.15, 0.2) is 5.84 Å². The Bertz CT molecular complexity index is 1020. The van der Waals surface area contributed by atoms with E-state index in [-0.39, 0.29) is 18.1 Å². The molecule has 0 unspecified atom stereocenters. The number of alkyl halides is 4. The lowest BCUT2D eigenvalue weighted by Crippen LogP contribution is -2.19. The SMILES string of the molecule is C=CN(C)c1ccc(/C(N=C)=N/COCC(C)(F)F)cc1F.C=Nc1cccc(C(C)(F)F)c1.CN. The van der Waals surface area contributed by atoms with Gasteiger partial charge in [-0.25, -0.2) is 31.9 Å². The fourth-order valence-corrected chi connectivity index (χ4v) is 2.47. The molecule has 2 aromatic carbocycles. The summed E-state index contributed by atoms with van der Waals surface area (Å²) in [6.07, 6.45) is 1.47. The zero-order chi connectivity index (χ0) is 27.9. The molecule has 0 heterocycles. The average molecular weight is 514 g/mol. The molecule has 0 spiro atoms. The molecule has 11 heteroatoms. The summed E-state index contributed by atoms with van der Waals surface area (Å²) in [5, 5.41) is 0. The van der Waals surface area contributed by atoms with Crippen molar-refractivity contribution in [1.29, 1.82) is 0 Å². The number of aliphatic imine (C=N–C) groups is 3. The quantitative estimate of drug-likeness (QED) is 0.188. The molecule has 0 bridgehead atoms. The van der Waals surface area contributed by atoms with Crippen molar-refractivity contribution >= 4 is 30.6 Å². The van der Waals surface area contributed by atoms with Crippen molar-refractivity contribution in [2.45, 2.75) is 25.7 Å². The third-order valence-electron chi connectivity index (χ3n) is 4.21. The molecule has 0 aliphatic carbocycles. The highest BCUT2D eigenvalue weighted by Gasteiger charge is 2.24. The molecule has 0 amide bonds. The smallest absolute Gasteiger partial charge is 0.270 e. The second kappa shape index (κ2) is 15.5. The summed E-state index contributed by atoms with van der Waals surface area (Å²) < 4.78 is 69.3. The molecular weight excluding hydrogens is 481 g/mol. The summed E-state index contributed by atoms with van der Waals surface area (Å²) in [6.45, 7) is 10.7. The van der Waals surface area contributed by atoms with Gasteiger partial charge >= 0.3 is 0 Å². The maximum atomic E-state index is 14.0. The Hall–Kier alpha value is -3.44. The first kappa shape index (κ1) is 32.6. The van der Waals surface area contributed by atoms with Gasteiger partial charge in [0.1, 0.15) is 19.2 Å². The molecule has 0 fully saturated rings. The van der Waals surface area contributed by atoms with Gasteiger partial charge in [-0.3, -0.25) is 4.99 Å². The Labute approximate surface area is 208 Å². The van der Waals surface area contributed by atoms with Crippen molar-refractivity contribution in [3.05, 3.63) is 72.2 Å². The van der Waals surface area contributed by atoms with Crippen molar-refractivity contribution in [2.24, 2.45) is 20.7 Å². The molecule has 0 saturated carbocycles. The standard InChI is InChI=1S/C15H18F3N3O.C9H9F2N.CH5N/c1-5-21(4)13-7-6-11(8-12(13)16)14(19-3)20-10-22-9-15(2,17)18;1-9(10,11)7-4-3-5-8(6-7)12-2;1-2/h5-8H,1,3,9-10H2,2,4H3;3-6H,2H2,1H3;2H2,1H3/b20-14-;;. The highest BCUT2D eigenvalue weighted by molar-refractivity contribution is 6.01. The minimum Gasteiger partial charge on any atom is -0.353 e. The van der Waals surface area contributed by atoms with E-state index in [9.17, 15) is 22.0 Å². The third kappa shape index (κ3) is 11.8. The average Bonchev–Trinajstić information content (AvgIpc) is 2.84. The first-order chi connectivity index (χ1) is 16.8. The molecule has 2 rings (SSSR count). The molecule has 6 nitrogen and oxygen atoms in total. The molecule has 0 atom stereocenters. The number of hydrogen-bond acceptors (Lipinski definition) is 5. The van der Waals surface area contributed by atoms with Crippen LogP contribution in [0.4, 0.5) is 33.3 Å². The van der Waals surface area contributed by atoms with Gasteiger partial charge in [0, 0.05) is 32.0 Å². The topological polar surface area (TPSA) is 75.6 Å². The van der Waals surface area contributed by atoms with E-state index in [1.165, 1.54) is 48.5 Å². The summed E-state index contributed by atoms with van der Waals surface area (Å²) in [5.41, 5.74) is 5.64. The number of nitrogens with two attached hydrogens (primary N) is 1. The first-order valence-electron chi connectivity index (χ1n) is 10.5. The van der Waals surface area contributed by atoms with Gasteiger partial charge < -0.3 is 15.4 Å². The van der Waals surface area contributed by atoms with Crippen molar-refractivity contribution in [3.63, 3.8) is 0 Å². The van der Waals surface area contributed by atoms with Crippen LogP contribution in [-0.4, -0.2) is 52.6 Å². The molecule has 2 N–H and O–H groups in total. The number of halogens is 5. The molecular formula is C25H32F5N5O. The lowest BCUT2D eigenvalue weighted by molar-refractivity contribution is -0.0606. The number of rotatable bonds is 9. The second-order valence-electron chi connectivity index (χ2n) is 7.24. The van der Waals surface area contributed by atoms with E-state index in [0.717, 1.165) is 13.8 Å². The van der Waals surface area contributed by atoms with Crippen LogP contribution in [0, 0.1) is 5.82 Å². The van der Waals surface area contributed by atoms with Gasteiger partial charge in [0.05, 0.1) is 11.4 Å². The van der Waals surface area contributed by atoms with Crippen LogP contribution in [0.5, 0.6) is 0 Å². The summed E-state index contributed by atoms with van der Waals surface area (Å²) in [4.78, 5) is 12.6. The van der Waals surface area contributed by atoms with Crippen molar-refractivity contribution in [1.82, 2.24) is 0 Å². The fourth-order valence-electron chi connectivity index (χ4n) is 2.47. The minimum absolute atomic E-state index is 0.0348. The Kier molecular flexibility index (Phi) is 14.0. The van der Waals surface area contributed by atoms with Gasteiger partial charge in [-0.1, -0.05) is 18.7 Å². The predicted octanol–water partition coefficient (Wildman–Crippen LogP) is 6.19. The predicted molar refractivity (Wildman–Crippen MR) is 138 cm³/mol. The summed E-state index contributed by atoms with van der Waals surface area (Å²) in [6, 6.07) is 10.2. The van der Waals surface area contributed by atoms with Crippen molar-refractivity contribution in [3.8, 4) is 0 Å². The molecule has 0 aromatic heterocycles. The van der Waals surface area contributed by atoms with E-state index in [4.69, 9.17) is 4.74 Å². The lowest BCUT2D eigenvalue weighted by Gasteiger charge is -2.15. The number of ether oxygens (including phenoxy) is 1. The Morgan fingerprint density at radius 1 is 1.08 bits per heavy atom. The summed E-state index contributed by atoms with van der Waals surface area (Å²) in [7, 11) is 3.16. The van der Waals surface area contributed by atoms with Crippen LogP contribution in [0.1, 0.15) is 25.0 Å². The highest BCUT2D eigenvalue weighted by Crippen LogP contribution is 2.29. The van der Waals surface area contributed by atoms with Gasteiger partial charge in [-0.15, -0.1) is 0 Å². The fraction of sp³-hybridized carbons (Fsp3) is 0.320. The van der Waals surface area contributed by atoms with Crippen LogP contribution in [0.3, 0.4) is 0 Å². The highest BCUT2D eigenvalue weighted by atomic mass is 19.3. The normalized spacial score (nSPS) is 11.3. The minimum atomic E-state index is -2.93. The Morgan fingerprint density at radius 3 is 2.19 bits per heavy atom. The first-order valence-corrected chi connectivity index (χ1v) is 10.5. The van der Waals surface area contributed by atoms with Crippen LogP contribution in [-0.2, 0) is 10.7 Å². The molecule has 2 aromatic rings. The third-order valence-corrected chi connectivity index (χ3v) is 4.21. The second-order valence-corrected chi connectivity index (χ2v) is 7.24. The molecule has 198 valence electrons. The largest absolute Gasteiger partial charge is 0.353 e. The summed E-state index contributed by atoms with van der Waals surface area (Å²) in [5.74, 6) is -6.11. The van der Waals surface area contributed by atoms with E-state index in [1.54, 1.807) is 19.2 Å². The van der Waals surface area contributed by atoms with Crippen LogP contribution < -0.4 is 10.6 Å². The maximum Gasteiger partial charge on any atom is 0.270 e. The summed E-state index contributed by atoms with van der Waals surface area (Å²) >= 11 is 0. The van der Waals surface area contributed by atoms with Gasteiger partial charge in [0.25, 0.3) is 11.8 Å². The molecule has 36 heavy (non-hydrogen) atoms. The molecule has 0 aliphatic heterocycles. The van der Waals surface area contributed by atoms with Crippen molar-refractivity contribution < 1.29 is 26.7 Å². The molecule has 0 aliphatic rings. The number of amidine groups is 1. The number of benzene rings is 2. The van der Waals surface area contributed by atoms with Crippen LogP contribution in [0.2, 0.25) is 0 Å². The lowest BCUT2D eigenvalue weighted by atomic mass is 10.1. The van der Waals surface area contributed by atoms with E-state index >= 15 is 0 Å². The van der Waals surface area contributed by atoms with Crippen LogP contribution in [0.15, 0.2) is 70.2 Å². The number of anilines is 1. The van der Waals surface area contributed by atoms with Crippen LogP contribution in [0.25, 0.3) is 0 Å². The van der Waals surface area contributed by atoms with Crippen LogP contribution >= 0.6 is 0 Å². The van der Waals surface area contributed by atoms with Gasteiger partial charge in [-0.05, 0) is 57.0 Å². The zero-order valence-corrected chi connectivity index (χ0v) is 20.8. The van der Waals surface area contributed by atoms with Gasteiger partial charge in [0.2, 0.25) is 0 Å². The molecule has 0 radical (unpaired) electrons. The molecule has 0 saturated heterocycles. The van der Waals surface area contributed by atoms with Crippen molar-refractivity contribution in [2.75, 3.05) is 32.3 Å². The van der Waals surface area contributed by atoms with Gasteiger partial charge in [-0.2, -0.15) is 0 Å². The van der Waals surface area contributed by atoms with E-state index in [0.29, 0.717) is 16.9 Å². The van der Waals surface area contributed by atoms with E-state index in [1.807, 2.05) is 0 Å². The monoisotopic (exact) mass is 513 g/mol. The Balaban J connectivity index is 0.000000735. The zero-order valence-electron chi connectivity index (χ0n) is 20.8. The number of hydrogen-bond donors (Lipinski definition) is 1. The maximum absolute atomic E-state index is 14.0. The number of nitrogens with zero attached hydrogens (tertiary/aromatic N) is 4. The Morgan fingerprint density at radius 2 is 1.72 bits per heavy atom. The van der Waals surface area contributed by atoms with E-state index < -0.39 is 24.3 Å². The van der Waals surface area contributed by atoms with E-state index in [2.05, 4.69) is 40.7 Å².